The van der Waals surface area contributed by atoms with Crippen LogP contribution in [0.25, 0.3) is 0 Å². The van der Waals surface area contributed by atoms with Gasteiger partial charge in [0.1, 0.15) is 23.3 Å². The largest absolute Gasteiger partial charge is 0.399 e. The number of rotatable bonds is 6. The molecule has 4 amide bonds. The Hall–Kier alpha value is -6.26. The molecule has 2 aliphatic rings. The van der Waals surface area contributed by atoms with Crippen molar-refractivity contribution < 1.29 is 31.9 Å². The number of hydrogen-bond donors (Lipinski definition) is 6. The lowest BCUT2D eigenvalue weighted by Crippen LogP contribution is -2.32. The fourth-order valence-corrected chi connectivity index (χ4v) is 7.07. The predicted octanol–water partition coefficient (Wildman–Crippen LogP) is 9.98. The van der Waals surface area contributed by atoms with Gasteiger partial charge >= 0.3 is 6.03 Å². The molecular weight excluding hydrogens is 859 g/mol. The van der Waals surface area contributed by atoms with Crippen LogP contribution in [0.5, 0.6) is 0 Å². The maximum atomic E-state index is 14.6. The fraction of sp³-hybridized carbons (Fsp3) is 0.140. The van der Waals surface area contributed by atoms with E-state index in [-0.39, 0.29) is 45.4 Å². The Morgan fingerprint density at radius 1 is 0.590 bits per heavy atom. The van der Waals surface area contributed by atoms with Crippen LogP contribution in [0.2, 0.25) is 10.0 Å². The highest BCUT2D eigenvalue weighted by Crippen LogP contribution is 2.37. The quantitative estimate of drug-likeness (QED) is 0.0902. The predicted molar refractivity (Wildman–Crippen MR) is 230 cm³/mol. The van der Waals surface area contributed by atoms with Crippen molar-refractivity contribution in [3.05, 3.63) is 176 Å². The first kappa shape index (κ1) is 45.8. The zero-order valence-corrected chi connectivity index (χ0v) is 34.2. The number of aromatic nitrogens is 2. The molecule has 8 rings (SSSR count). The minimum atomic E-state index is -0.596. The monoisotopic (exact) mass is 894 g/mol. The molecular formula is C43H37Cl3F4N8O3. The second-order valence-electron chi connectivity index (χ2n) is 13.5. The molecule has 0 bridgehead atoms. The SMILES string of the molecule is Cl.N[C@H]1CCc2c(C(=O)Nc3ccc(F)c(Cl)c3)ccc(F)c21.Nc1ccncc1.O=C(Nc1ccncc1)N[C@H]1CCc2c(C(=O)Nc3ccc(F)c(Cl)c3)ccc(F)c21. The number of anilines is 4. The number of nitrogens with one attached hydrogen (secondary N) is 4. The number of carbonyl (C=O) groups is 3. The summed E-state index contributed by atoms with van der Waals surface area (Å²) in [7, 11) is 0. The van der Waals surface area contributed by atoms with E-state index in [1.807, 2.05) is 0 Å². The number of hydrogen-bond acceptors (Lipinski definition) is 7. The average molecular weight is 896 g/mol. The minimum Gasteiger partial charge on any atom is -0.399 e. The lowest BCUT2D eigenvalue weighted by Gasteiger charge is -2.16. The minimum absolute atomic E-state index is 0. The summed E-state index contributed by atoms with van der Waals surface area (Å²) in [6, 6.07) is 18.3. The normalized spacial score (nSPS) is 14.3. The third-order valence-electron chi connectivity index (χ3n) is 9.51. The Labute approximate surface area is 363 Å². The van der Waals surface area contributed by atoms with Crippen molar-refractivity contribution in [3.63, 3.8) is 0 Å². The van der Waals surface area contributed by atoms with Gasteiger partial charge in [-0.3, -0.25) is 19.6 Å². The Morgan fingerprint density at radius 2 is 1.05 bits per heavy atom. The van der Waals surface area contributed by atoms with Crippen molar-refractivity contribution in [2.75, 3.05) is 21.7 Å². The van der Waals surface area contributed by atoms with E-state index in [4.69, 9.17) is 34.7 Å². The molecule has 0 fully saturated rings. The van der Waals surface area contributed by atoms with Crippen molar-refractivity contribution >= 4 is 76.2 Å². The van der Waals surface area contributed by atoms with Crippen LogP contribution in [-0.2, 0) is 12.8 Å². The average Bonchev–Trinajstić information content (AvgIpc) is 3.83. The fourth-order valence-electron chi connectivity index (χ4n) is 6.70. The van der Waals surface area contributed by atoms with Crippen LogP contribution in [0.4, 0.5) is 45.1 Å². The summed E-state index contributed by atoms with van der Waals surface area (Å²) in [5.74, 6) is -2.91. The maximum Gasteiger partial charge on any atom is 0.319 e. The molecule has 2 heterocycles. The molecule has 2 atom stereocenters. The Balaban J connectivity index is 0.000000203. The van der Waals surface area contributed by atoms with E-state index in [0.717, 1.165) is 11.8 Å². The van der Waals surface area contributed by atoms with Crippen molar-refractivity contribution in [2.45, 2.75) is 37.8 Å². The number of carbonyl (C=O) groups excluding carboxylic acids is 3. The smallest absolute Gasteiger partial charge is 0.319 e. The first-order chi connectivity index (χ1) is 28.8. The molecule has 0 saturated heterocycles. The molecule has 2 aliphatic carbocycles. The molecule has 0 aliphatic heterocycles. The van der Waals surface area contributed by atoms with Gasteiger partial charge in [0.25, 0.3) is 11.8 Å². The summed E-state index contributed by atoms with van der Waals surface area (Å²) in [5, 5.41) is 10.5. The van der Waals surface area contributed by atoms with Crippen LogP contribution in [0.15, 0.2) is 110 Å². The molecule has 0 radical (unpaired) electrons. The lowest BCUT2D eigenvalue weighted by molar-refractivity contribution is 0.101. The van der Waals surface area contributed by atoms with Gasteiger partial charge in [-0.15, -0.1) is 12.4 Å². The highest BCUT2D eigenvalue weighted by atomic mass is 35.5. The van der Waals surface area contributed by atoms with E-state index in [1.54, 1.807) is 49.1 Å². The molecule has 18 heteroatoms. The topological polar surface area (TPSA) is 177 Å². The number of nitrogen functional groups attached to an aromatic ring is 1. The van der Waals surface area contributed by atoms with Crippen LogP contribution < -0.4 is 32.7 Å². The van der Waals surface area contributed by atoms with E-state index in [1.165, 1.54) is 54.6 Å². The van der Waals surface area contributed by atoms with Crippen LogP contribution in [-0.4, -0.2) is 27.8 Å². The van der Waals surface area contributed by atoms with Gasteiger partial charge in [-0.1, -0.05) is 23.2 Å². The zero-order valence-electron chi connectivity index (χ0n) is 31.8. The summed E-state index contributed by atoms with van der Waals surface area (Å²) in [6.07, 6.45) is 8.44. The number of amides is 4. The lowest BCUT2D eigenvalue weighted by atomic mass is 10.0. The second kappa shape index (κ2) is 20.8. The highest BCUT2D eigenvalue weighted by molar-refractivity contribution is 6.31. The molecule has 0 spiro atoms. The van der Waals surface area contributed by atoms with Gasteiger partial charge in [-0.2, -0.15) is 0 Å². The van der Waals surface area contributed by atoms with Crippen LogP contribution in [0.3, 0.4) is 0 Å². The van der Waals surface area contributed by atoms with Gasteiger partial charge < -0.3 is 32.7 Å². The first-order valence-corrected chi connectivity index (χ1v) is 19.1. The number of halogens is 7. The molecule has 6 aromatic rings. The molecule has 4 aromatic carbocycles. The molecule has 2 aromatic heterocycles. The van der Waals surface area contributed by atoms with E-state index < -0.39 is 41.3 Å². The highest BCUT2D eigenvalue weighted by Gasteiger charge is 2.31. The maximum absolute atomic E-state index is 14.6. The Morgan fingerprint density at radius 3 is 1.54 bits per heavy atom. The number of urea groups is 1. The molecule has 8 N–H and O–H groups in total. The van der Waals surface area contributed by atoms with Crippen molar-refractivity contribution in [2.24, 2.45) is 5.73 Å². The summed E-state index contributed by atoms with van der Waals surface area (Å²) in [5.41, 5.74) is 15.7. The standard InChI is InChI=1S/C22H17ClF2N4O2.C16H13ClF2N2O.C5H6N2.ClH/c23-16-11-13(1-4-17(16)24)27-21(30)15-2-5-18(25)20-14(15)3-6-19(20)29-22(31)28-12-7-9-26-10-8-12;17-11-7-8(1-4-12(11)18)21-16(22)10-2-5-13(19)15-9(10)3-6-14(15)20;6-5-1-3-7-4-2-5;/h1-2,4-5,7-11,19H,3,6H2,(H,27,30)(H2,26,28,29,31);1-2,4-5,7,14H,3,6,20H2,(H,21,22);1-4H,(H2,6,7);1H/t19-;14-;;/m00../s1. The van der Waals surface area contributed by atoms with E-state index >= 15 is 0 Å². The van der Waals surface area contributed by atoms with Gasteiger partial charge in [-0.25, -0.2) is 22.4 Å². The molecule has 0 unspecified atom stereocenters. The number of nitrogens with zero attached hydrogens (tertiary/aromatic N) is 2. The molecule has 316 valence electrons. The zero-order chi connectivity index (χ0) is 42.9. The molecule has 0 saturated carbocycles. The van der Waals surface area contributed by atoms with Crippen LogP contribution >= 0.6 is 35.6 Å². The molecule has 11 nitrogen and oxygen atoms in total. The summed E-state index contributed by atoms with van der Waals surface area (Å²) >= 11 is 11.4. The first-order valence-electron chi connectivity index (χ1n) is 18.3. The van der Waals surface area contributed by atoms with Gasteiger partial charge in [0.2, 0.25) is 0 Å². The Bertz CT molecular complexity index is 2540. The third kappa shape index (κ3) is 11.5. The number of fused-ring (bicyclic) bond motifs is 2. The second-order valence-corrected chi connectivity index (χ2v) is 14.3. The van der Waals surface area contributed by atoms with E-state index in [2.05, 4.69) is 31.2 Å². The third-order valence-corrected chi connectivity index (χ3v) is 10.1. The molecule has 61 heavy (non-hydrogen) atoms. The Kier molecular flexibility index (Phi) is 15.6. The van der Waals surface area contributed by atoms with Gasteiger partial charge in [0.05, 0.1) is 16.1 Å². The summed E-state index contributed by atoms with van der Waals surface area (Å²) < 4.78 is 54.9. The van der Waals surface area contributed by atoms with Gasteiger partial charge in [0.15, 0.2) is 0 Å². The summed E-state index contributed by atoms with van der Waals surface area (Å²) in [4.78, 5) is 45.1. The van der Waals surface area contributed by atoms with E-state index in [0.29, 0.717) is 65.0 Å². The van der Waals surface area contributed by atoms with Crippen molar-refractivity contribution in [1.29, 1.82) is 0 Å². The van der Waals surface area contributed by atoms with Gasteiger partial charge in [-0.05, 0) is 122 Å². The van der Waals surface area contributed by atoms with Crippen molar-refractivity contribution in [1.82, 2.24) is 15.3 Å². The van der Waals surface area contributed by atoms with E-state index in [9.17, 15) is 31.9 Å². The van der Waals surface area contributed by atoms with Crippen LogP contribution in [0.1, 0.15) is 67.9 Å². The number of benzene rings is 4. The van der Waals surface area contributed by atoms with Crippen molar-refractivity contribution in [3.8, 4) is 0 Å². The summed E-state index contributed by atoms with van der Waals surface area (Å²) in [6.45, 7) is 0. The van der Waals surface area contributed by atoms with Crippen LogP contribution in [0, 0.1) is 23.3 Å². The van der Waals surface area contributed by atoms with Gasteiger partial charge in [0, 0.05) is 75.8 Å². The number of pyridine rings is 2. The number of nitrogens with two attached hydrogens (primary N) is 2.